The minimum Gasteiger partial charge on any atom is -0.376 e. The molecule has 33 heavy (non-hydrogen) atoms. The molecule has 0 bridgehead atoms. The highest BCUT2D eigenvalue weighted by molar-refractivity contribution is 8.00. The van der Waals surface area contributed by atoms with Crippen LogP contribution in [0.1, 0.15) is 63.3 Å². The van der Waals surface area contributed by atoms with Crippen LogP contribution in [0.25, 0.3) is 10.2 Å². The van der Waals surface area contributed by atoms with E-state index in [1.54, 1.807) is 11.3 Å². The molecule has 2 fully saturated rings. The molecule has 1 amide bonds. The van der Waals surface area contributed by atoms with Crippen LogP contribution in [0.2, 0.25) is 0 Å². The van der Waals surface area contributed by atoms with E-state index in [1.165, 1.54) is 22.2 Å². The average molecular weight is 490 g/mol. The first kappa shape index (κ1) is 23.4. The second-order valence-electron chi connectivity index (χ2n) is 10.2. The van der Waals surface area contributed by atoms with Crippen molar-refractivity contribution in [2.24, 2.45) is 11.8 Å². The van der Waals surface area contributed by atoms with Crippen molar-refractivity contribution in [3.8, 4) is 0 Å². The molecular formula is C25H35N3O3S2. The maximum absolute atomic E-state index is 13.8. The summed E-state index contributed by atoms with van der Waals surface area (Å²) < 4.78 is 7.69. The van der Waals surface area contributed by atoms with Crippen LogP contribution in [0.5, 0.6) is 0 Å². The number of carbonyl (C=O) groups excluding carboxylic acids is 1. The lowest BCUT2D eigenvalue weighted by molar-refractivity contribution is -0.131. The molecule has 0 N–H and O–H groups in total. The summed E-state index contributed by atoms with van der Waals surface area (Å²) in [6.45, 7) is 9.43. The Morgan fingerprint density at radius 1 is 1.21 bits per heavy atom. The van der Waals surface area contributed by atoms with E-state index in [4.69, 9.17) is 9.72 Å². The highest BCUT2D eigenvalue weighted by Crippen LogP contribution is 2.37. The first-order valence-electron chi connectivity index (χ1n) is 12.5. The summed E-state index contributed by atoms with van der Waals surface area (Å²) in [6, 6.07) is 0. The van der Waals surface area contributed by atoms with Gasteiger partial charge in [-0.15, -0.1) is 11.3 Å². The van der Waals surface area contributed by atoms with Crippen molar-refractivity contribution in [3.05, 3.63) is 20.8 Å². The SMILES string of the molecule is CC1CCN(C(=O)C(C)Sc2nc3sc4c(c3c(=O)n2CC2CCCO2)CCC(C)C4)CC1. The fourth-order valence-electron chi connectivity index (χ4n) is 5.34. The Kier molecular flexibility index (Phi) is 6.87. The number of rotatable bonds is 5. The van der Waals surface area contributed by atoms with Crippen molar-refractivity contribution in [2.45, 2.75) is 88.8 Å². The number of thioether (sulfide) groups is 1. The number of hydrogen-bond donors (Lipinski definition) is 0. The summed E-state index contributed by atoms with van der Waals surface area (Å²) in [5.74, 6) is 1.49. The van der Waals surface area contributed by atoms with Gasteiger partial charge in [-0.25, -0.2) is 4.98 Å². The van der Waals surface area contributed by atoms with Gasteiger partial charge in [-0.1, -0.05) is 25.6 Å². The van der Waals surface area contributed by atoms with E-state index >= 15 is 0 Å². The molecule has 3 atom stereocenters. The van der Waals surface area contributed by atoms with Crippen molar-refractivity contribution >= 4 is 39.2 Å². The zero-order valence-corrected chi connectivity index (χ0v) is 21.6. The average Bonchev–Trinajstić information content (AvgIpc) is 3.43. The Bertz CT molecular complexity index is 1080. The number of ether oxygens (including phenoxy) is 1. The summed E-state index contributed by atoms with van der Waals surface area (Å²) in [6.07, 6.45) is 7.30. The number of thiophene rings is 1. The van der Waals surface area contributed by atoms with Gasteiger partial charge >= 0.3 is 0 Å². The summed E-state index contributed by atoms with van der Waals surface area (Å²) in [7, 11) is 0. The summed E-state index contributed by atoms with van der Waals surface area (Å²) >= 11 is 3.13. The van der Waals surface area contributed by atoms with Gasteiger partial charge in [-0.3, -0.25) is 14.2 Å². The van der Waals surface area contributed by atoms with Crippen LogP contribution in [-0.2, 0) is 28.9 Å². The molecule has 0 radical (unpaired) electrons. The molecule has 4 heterocycles. The summed E-state index contributed by atoms with van der Waals surface area (Å²) in [5.41, 5.74) is 1.27. The van der Waals surface area contributed by atoms with E-state index in [0.717, 1.165) is 74.9 Å². The zero-order valence-electron chi connectivity index (χ0n) is 20.0. The Labute approximate surface area is 204 Å². The maximum Gasteiger partial charge on any atom is 0.263 e. The van der Waals surface area contributed by atoms with Crippen LogP contribution >= 0.6 is 23.1 Å². The highest BCUT2D eigenvalue weighted by atomic mass is 32.2. The predicted octanol–water partition coefficient (Wildman–Crippen LogP) is 4.50. The molecule has 1 aliphatic carbocycles. The Morgan fingerprint density at radius 2 is 2.00 bits per heavy atom. The fourth-order valence-corrected chi connectivity index (χ4v) is 7.77. The third-order valence-electron chi connectivity index (χ3n) is 7.52. The molecule has 180 valence electrons. The normalized spacial score (nSPS) is 24.9. The van der Waals surface area contributed by atoms with E-state index in [9.17, 15) is 9.59 Å². The molecule has 2 aromatic rings. The molecule has 3 aliphatic rings. The van der Waals surface area contributed by atoms with Crippen molar-refractivity contribution in [1.29, 1.82) is 0 Å². The molecule has 0 spiro atoms. The molecule has 2 aromatic heterocycles. The van der Waals surface area contributed by atoms with Gasteiger partial charge in [0.1, 0.15) is 4.83 Å². The van der Waals surface area contributed by atoms with E-state index in [-0.39, 0.29) is 22.8 Å². The van der Waals surface area contributed by atoms with Crippen LogP contribution < -0.4 is 5.56 Å². The summed E-state index contributed by atoms with van der Waals surface area (Å²) in [4.78, 5) is 36.1. The lowest BCUT2D eigenvalue weighted by Crippen LogP contribution is -2.42. The number of carbonyl (C=O) groups is 1. The van der Waals surface area contributed by atoms with Gasteiger partial charge in [0, 0.05) is 24.6 Å². The van der Waals surface area contributed by atoms with Crippen molar-refractivity contribution < 1.29 is 9.53 Å². The van der Waals surface area contributed by atoms with Crippen LogP contribution in [0.3, 0.4) is 0 Å². The van der Waals surface area contributed by atoms with Gasteiger partial charge in [0.25, 0.3) is 5.56 Å². The topological polar surface area (TPSA) is 64.4 Å². The first-order valence-corrected chi connectivity index (χ1v) is 14.2. The van der Waals surface area contributed by atoms with E-state index in [2.05, 4.69) is 13.8 Å². The molecule has 2 aliphatic heterocycles. The minimum atomic E-state index is -0.270. The molecule has 0 aromatic carbocycles. The third kappa shape index (κ3) is 4.76. The van der Waals surface area contributed by atoms with E-state index in [1.807, 2.05) is 16.4 Å². The Morgan fingerprint density at radius 3 is 2.73 bits per heavy atom. The lowest BCUT2D eigenvalue weighted by Gasteiger charge is -2.32. The number of piperidine rings is 1. The largest absolute Gasteiger partial charge is 0.376 e. The third-order valence-corrected chi connectivity index (χ3v) is 9.74. The minimum absolute atomic E-state index is 0.0466. The van der Waals surface area contributed by atoms with Gasteiger partial charge in [0.05, 0.1) is 23.3 Å². The number of amides is 1. The highest BCUT2D eigenvalue weighted by Gasteiger charge is 2.30. The van der Waals surface area contributed by atoms with Gasteiger partial charge in [0.2, 0.25) is 5.91 Å². The number of fused-ring (bicyclic) bond motifs is 3. The molecule has 0 saturated carbocycles. The molecular weight excluding hydrogens is 454 g/mol. The van der Waals surface area contributed by atoms with Crippen LogP contribution in [-0.4, -0.2) is 51.4 Å². The standard InChI is InChI=1S/C25H35N3O3S2/c1-15-8-10-27(11-9-15)23(29)17(3)32-25-26-22-21(19-7-6-16(2)13-20(19)33-22)24(30)28(25)14-18-5-4-12-31-18/h15-18H,4-14H2,1-3H3. The fraction of sp³-hybridized carbons (Fsp3) is 0.720. The molecule has 5 rings (SSSR count). The lowest BCUT2D eigenvalue weighted by atomic mass is 9.89. The quantitative estimate of drug-likeness (QED) is 0.457. The monoisotopic (exact) mass is 489 g/mol. The van der Waals surface area contributed by atoms with Crippen molar-refractivity contribution in [3.63, 3.8) is 0 Å². The predicted molar refractivity (Wildman–Crippen MR) is 134 cm³/mol. The number of aromatic nitrogens is 2. The Hall–Kier alpha value is -1.38. The second kappa shape index (κ2) is 9.70. The molecule has 8 heteroatoms. The number of hydrogen-bond acceptors (Lipinski definition) is 6. The summed E-state index contributed by atoms with van der Waals surface area (Å²) in [5, 5.41) is 1.21. The van der Waals surface area contributed by atoms with Crippen LogP contribution in [0.15, 0.2) is 9.95 Å². The van der Waals surface area contributed by atoms with Crippen molar-refractivity contribution in [2.75, 3.05) is 19.7 Å². The van der Waals surface area contributed by atoms with Gasteiger partial charge in [0.15, 0.2) is 5.16 Å². The smallest absolute Gasteiger partial charge is 0.263 e. The van der Waals surface area contributed by atoms with Crippen LogP contribution in [0, 0.1) is 11.8 Å². The molecule has 2 saturated heterocycles. The number of aryl methyl sites for hydroxylation is 1. The molecule has 6 nitrogen and oxygen atoms in total. The maximum atomic E-state index is 13.8. The molecule has 3 unspecified atom stereocenters. The van der Waals surface area contributed by atoms with Gasteiger partial charge in [-0.2, -0.15) is 0 Å². The van der Waals surface area contributed by atoms with E-state index < -0.39 is 0 Å². The van der Waals surface area contributed by atoms with Crippen molar-refractivity contribution in [1.82, 2.24) is 14.5 Å². The number of nitrogens with zero attached hydrogens (tertiary/aromatic N) is 3. The van der Waals surface area contributed by atoms with Gasteiger partial charge < -0.3 is 9.64 Å². The van der Waals surface area contributed by atoms with Gasteiger partial charge in [-0.05, 0) is 69.3 Å². The van der Waals surface area contributed by atoms with E-state index in [0.29, 0.717) is 23.5 Å². The number of likely N-dealkylation sites (tertiary alicyclic amines) is 1. The first-order chi connectivity index (χ1) is 15.9. The second-order valence-corrected chi connectivity index (χ2v) is 12.6. The zero-order chi connectivity index (χ0) is 23.1. The van der Waals surface area contributed by atoms with Crippen LogP contribution in [0.4, 0.5) is 0 Å². The Balaban J connectivity index is 1.48.